The molecule has 2 heterocycles. The minimum absolute atomic E-state index is 0.0352. The number of nitrogens with two attached hydrogens (primary N) is 1. The van der Waals surface area contributed by atoms with E-state index in [9.17, 15) is 4.79 Å². The van der Waals surface area contributed by atoms with Crippen molar-refractivity contribution in [1.29, 1.82) is 0 Å². The van der Waals surface area contributed by atoms with E-state index in [0.717, 1.165) is 16.6 Å². The first-order valence-corrected chi connectivity index (χ1v) is 6.27. The molecule has 2 rings (SSSR count). The largest absolute Gasteiger partial charge is 0.493 e. The highest BCUT2D eigenvalue weighted by Gasteiger charge is 2.17. The number of Topliss-reactive ketones (excluding diaryl/α,β-unsaturated/α-hetero) is 1. The second-order valence-corrected chi connectivity index (χ2v) is 4.74. The quantitative estimate of drug-likeness (QED) is 0.847. The molecule has 5 heteroatoms. The van der Waals surface area contributed by atoms with Crippen LogP contribution in [0.25, 0.3) is 10.2 Å². The summed E-state index contributed by atoms with van der Waals surface area (Å²) in [6.45, 7) is 4.17. The average Bonchev–Trinajstić information content (AvgIpc) is 2.65. The van der Waals surface area contributed by atoms with Gasteiger partial charge in [0.1, 0.15) is 10.6 Å². The van der Waals surface area contributed by atoms with Crippen LogP contribution in [0.4, 0.5) is 5.69 Å². The van der Waals surface area contributed by atoms with Gasteiger partial charge in [0.05, 0.1) is 22.6 Å². The van der Waals surface area contributed by atoms with E-state index in [-0.39, 0.29) is 5.78 Å². The van der Waals surface area contributed by atoms with Gasteiger partial charge in [-0.2, -0.15) is 0 Å². The molecule has 0 atom stereocenters. The molecule has 0 aromatic carbocycles. The Hall–Kier alpha value is -1.62. The minimum atomic E-state index is -0.0352. The number of hydrogen-bond acceptors (Lipinski definition) is 5. The third-order valence-electron chi connectivity index (χ3n) is 2.37. The number of carbonyl (C=O) groups is 1. The van der Waals surface area contributed by atoms with E-state index >= 15 is 0 Å². The summed E-state index contributed by atoms with van der Waals surface area (Å²) in [6, 6.07) is 1.78. The topological polar surface area (TPSA) is 65.2 Å². The highest BCUT2D eigenvalue weighted by atomic mass is 32.1. The summed E-state index contributed by atoms with van der Waals surface area (Å²) < 4.78 is 5.62. The number of carbonyl (C=O) groups excluding carboxylic acids is 1. The zero-order valence-corrected chi connectivity index (χ0v) is 10.6. The molecule has 0 aliphatic heterocycles. The van der Waals surface area contributed by atoms with Crippen molar-refractivity contribution in [2.24, 2.45) is 0 Å². The lowest BCUT2D eigenvalue weighted by molar-refractivity contribution is 0.102. The molecule has 2 aromatic heterocycles. The molecular formula is C12H14N2O2S. The van der Waals surface area contributed by atoms with Gasteiger partial charge in [0.15, 0.2) is 5.78 Å². The molecule has 0 amide bonds. The Labute approximate surface area is 103 Å². The monoisotopic (exact) mass is 250 g/mol. The number of rotatable bonds is 4. The van der Waals surface area contributed by atoms with Gasteiger partial charge in [-0.3, -0.25) is 4.79 Å². The van der Waals surface area contributed by atoms with Crippen molar-refractivity contribution in [3.8, 4) is 5.75 Å². The molecule has 17 heavy (non-hydrogen) atoms. The smallest absolute Gasteiger partial charge is 0.171 e. The van der Waals surface area contributed by atoms with Gasteiger partial charge in [0.2, 0.25) is 0 Å². The van der Waals surface area contributed by atoms with Crippen LogP contribution in [0, 0.1) is 0 Å². The number of aromatic nitrogens is 1. The van der Waals surface area contributed by atoms with Crippen molar-refractivity contribution in [3.63, 3.8) is 0 Å². The Kier molecular flexibility index (Phi) is 3.28. The van der Waals surface area contributed by atoms with Crippen LogP contribution < -0.4 is 10.5 Å². The van der Waals surface area contributed by atoms with Crippen LogP contribution in [-0.4, -0.2) is 17.4 Å². The predicted molar refractivity (Wildman–Crippen MR) is 69.8 cm³/mol. The Bertz CT molecular complexity index is 563. The van der Waals surface area contributed by atoms with Crippen molar-refractivity contribution < 1.29 is 9.53 Å². The summed E-state index contributed by atoms with van der Waals surface area (Å²) >= 11 is 1.31. The standard InChI is InChI=1S/C12H14N2O2S/c1-3-6-16-8-4-5-14-12-9(8)10(13)11(17-12)7(2)15/h4-5H,3,6,13H2,1-2H3. The van der Waals surface area contributed by atoms with Gasteiger partial charge >= 0.3 is 0 Å². The summed E-state index contributed by atoms with van der Waals surface area (Å²) in [5.41, 5.74) is 6.47. The minimum Gasteiger partial charge on any atom is -0.493 e. The first kappa shape index (κ1) is 11.9. The number of anilines is 1. The summed E-state index contributed by atoms with van der Waals surface area (Å²) in [5, 5.41) is 0.760. The van der Waals surface area contributed by atoms with Crippen LogP contribution in [0.5, 0.6) is 5.75 Å². The molecule has 0 saturated carbocycles. The van der Waals surface area contributed by atoms with E-state index in [1.165, 1.54) is 18.3 Å². The fraction of sp³-hybridized carbons (Fsp3) is 0.333. The molecule has 0 unspecified atom stereocenters. The van der Waals surface area contributed by atoms with E-state index in [2.05, 4.69) is 4.98 Å². The molecule has 0 fully saturated rings. The van der Waals surface area contributed by atoms with Crippen LogP contribution in [0.1, 0.15) is 29.9 Å². The molecule has 0 aliphatic carbocycles. The molecule has 4 nitrogen and oxygen atoms in total. The third-order valence-corrected chi connectivity index (χ3v) is 3.59. The molecule has 0 radical (unpaired) electrons. The Morgan fingerprint density at radius 2 is 2.35 bits per heavy atom. The van der Waals surface area contributed by atoms with Crippen LogP contribution >= 0.6 is 11.3 Å². The molecule has 0 saturated heterocycles. The van der Waals surface area contributed by atoms with Gasteiger partial charge in [-0.15, -0.1) is 11.3 Å². The lowest BCUT2D eigenvalue weighted by Gasteiger charge is -2.05. The number of pyridine rings is 1. The molecule has 0 bridgehead atoms. The van der Waals surface area contributed by atoms with Crippen molar-refractivity contribution in [2.45, 2.75) is 20.3 Å². The number of thiophene rings is 1. The van der Waals surface area contributed by atoms with Gasteiger partial charge in [0, 0.05) is 13.1 Å². The normalized spacial score (nSPS) is 10.7. The molecular weight excluding hydrogens is 236 g/mol. The summed E-state index contributed by atoms with van der Waals surface area (Å²) in [7, 11) is 0. The van der Waals surface area contributed by atoms with E-state index in [1.807, 2.05) is 6.92 Å². The van der Waals surface area contributed by atoms with Gasteiger partial charge in [-0.05, 0) is 12.5 Å². The third kappa shape index (κ3) is 2.10. The van der Waals surface area contributed by atoms with Crippen LogP contribution in [0.2, 0.25) is 0 Å². The summed E-state index contributed by atoms with van der Waals surface area (Å²) in [5.74, 6) is 0.671. The fourth-order valence-electron chi connectivity index (χ4n) is 1.61. The van der Waals surface area contributed by atoms with Gasteiger partial charge in [-0.25, -0.2) is 4.98 Å². The lowest BCUT2D eigenvalue weighted by Crippen LogP contribution is -1.98. The first-order chi connectivity index (χ1) is 8.15. The Morgan fingerprint density at radius 3 is 3.00 bits per heavy atom. The van der Waals surface area contributed by atoms with Crippen LogP contribution in [-0.2, 0) is 0 Å². The number of nitrogen functional groups attached to an aromatic ring is 1. The second kappa shape index (κ2) is 4.71. The van der Waals surface area contributed by atoms with Crippen LogP contribution in [0.15, 0.2) is 12.3 Å². The lowest BCUT2D eigenvalue weighted by atomic mass is 10.2. The van der Waals surface area contributed by atoms with E-state index in [4.69, 9.17) is 10.5 Å². The van der Waals surface area contributed by atoms with E-state index in [1.54, 1.807) is 12.3 Å². The van der Waals surface area contributed by atoms with Crippen molar-refractivity contribution in [2.75, 3.05) is 12.3 Å². The van der Waals surface area contributed by atoms with Crippen LogP contribution in [0.3, 0.4) is 0 Å². The van der Waals surface area contributed by atoms with Gasteiger partial charge < -0.3 is 10.5 Å². The number of nitrogens with zero attached hydrogens (tertiary/aromatic N) is 1. The highest BCUT2D eigenvalue weighted by molar-refractivity contribution is 7.21. The Morgan fingerprint density at radius 1 is 1.59 bits per heavy atom. The maximum Gasteiger partial charge on any atom is 0.171 e. The highest BCUT2D eigenvalue weighted by Crippen LogP contribution is 2.38. The molecule has 2 aromatic rings. The first-order valence-electron chi connectivity index (χ1n) is 5.45. The van der Waals surface area contributed by atoms with Crippen molar-refractivity contribution in [1.82, 2.24) is 4.98 Å². The maximum absolute atomic E-state index is 11.4. The van der Waals surface area contributed by atoms with Crippen molar-refractivity contribution in [3.05, 3.63) is 17.1 Å². The predicted octanol–water partition coefficient (Wildman–Crippen LogP) is 2.87. The van der Waals surface area contributed by atoms with E-state index in [0.29, 0.717) is 22.9 Å². The average molecular weight is 250 g/mol. The van der Waals surface area contributed by atoms with Gasteiger partial charge in [0.25, 0.3) is 0 Å². The van der Waals surface area contributed by atoms with E-state index < -0.39 is 0 Å². The second-order valence-electron chi connectivity index (χ2n) is 3.74. The molecule has 0 spiro atoms. The SMILES string of the molecule is CCCOc1ccnc2sc(C(C)=O)c(N)c12. The molecule has 2 N–H and O–H groups in total. The number of fused-ring (bicyclic) bond motifs is 1. The maximum atomic E-state index is 11.4. The van der Waals surface area contributed by atoms with Gasteiger partial charge in [-0.1, -0.05) is 6.92 Å². The van der Waals surface area contributed by atoms with Crippen molar-refractivity contribution >= 4 is 33.0 Å². The summed E-state index contributed by atoms with van der Waals surface area (Å²) in [4.78, 5) is 16.9. The number of ether oxygens (including phenoxy) is 1. The fourth-order valence-corrected chi connectivity index (χ4v) is 2.59. The Balaban J connectivity index is 2.58. The molecule has 90 valence electrons. The summed E-state index contributed by atoms with van der Waals surface area (Å²) in [6.07, 6.45) is 2.60. The number of hydrogen-bond donors (Lipinski definition) is 1. The zero-order chi connectivity index (χ0) is 12.4. The molecule has 0 aliphatic rings. The zero-order valence-electron chi connectivity index (χ0n) is 9.82. The number of ketones is 1.